The van der Waals surface area contributed by atoms with E-state index in [0.29, 0.717) is 0 Å². The summed E-state index contributed by atoms with van der Waals surface area (Å²) in [5.41, 5.74) is 5.32. The van der Waals surface area contributed by atoms with Gasteiger partial charge in [0.2, 0.25) is 0 Å². The van der Waals surface area contributed by atoms with Gasteiger partial charge in [-0.2, -0.15) is 0 Å². The summed E-state index contributed by atoms with van der Waals surface area (Å²) >= 11 is 2.13. The van der Waals surface area contributed by atoms with Crippen LogP contribution in [-0.2, 0) is 19.6 Å². The summed E-state index contributed by atoms with van der Waals surface area (Å²) in [6, 6.07) is 10.4. The second-order valence-electron chi connectivity index (χ2n) is 5.74. The molecule has 2 heterocycles. The zero-order valence-electron chi connectivity index (χ0n) is 15.2. The van der Waals surface area contributed by atoms with Crippen LogP contribution in [0.1, 0.15) is 20.7 Å². The summed E-state index contributed by atoms with van der Waals surface area (Å²) < 4.78 is 32.3. The van der Waals surface area contributed by atoms with Gasteiger partial charge in [-0.15, -0.1) is 22.7 Å². The fraction of sp³-hybridized carbons (Fsp3) is 0.0556. The fourth-order valence-electron chi connectivity index (χ4n) is 2.33. The number of sulfonamides is 1. The van der Waals surface area contributed by atoms with Crippen molar-refractivity contribution in [2.24, 2.45) is 5.73 Å². The molecular formula is C18H15N3O6S3. The van der Waals surface area contributed by atoms with E-state index in [1.165, 1.54) is 30.3 Å². The predicted molar refractivity (Wildman–Crippen MR) is 113 cm³/mol. The summed E-state index contributed by atoms with van der Waals surface area (Å²) in [6.45, 7) is -0.638. The number of carbonyl (C=O) groups is 3. The zero-order valence-corrected chi connectivity index (χ0v) is 17.6. The number of nitrogens with two attached hydrogens (primary N) is 1. The molecule has 0 aliphatic heterocycles. The number of carbonyl (C=O) groups excluding carboxylic acids is 3. The highest BCUT2D eigenvalue weighted by Crippen LogP contribution is 2.24. The normalized spacial score (nSPS) is 10.9. The highest BCUT2D eigenvalue weighted by atomic mass is 32.2. The molecule has 0 unspecified atom stereocenters. The number of anilines is 2. The highest BCUT2D eigenvalue weighted by Gasteiger charge is 2.21. The number of amides is 2. The Balaban J connectivity index is 1.67. The number of nitrogens with one attached hydrogen (secondary N) is 2. The van der Waals surface area contributed by atoms with Crippen molar-refractivity contribution in [3.05, 3.63) is 64.4 Å². The second kappa shape index (κ2) is 9.07. The number of para-hydroxylation sites is 1. The van der Waals surface area contributed by atoms with E-state index in [9.17, 15) is 22.8 Å². The van der Waals surface area contributed by atoms with Gasteiger partial charge in [-0.05, 0) is 35.0 Å². The molecule has 0 bridgehead atoms. The minimum atomic E-state index is -3.87. The molecule has 0 spiro atoms. The second-order valence-corrected chi connectivity index (χ2v) is 9.51. The van der Waals surface area contributed by atoms with Crippen molar-refractivity contribution in [2.45, 2.75) is 4.21 Å². The first-order valence-electron chi connectivity index (χ1n) is 8.27. The lowest BCUT2D eigenvalue weighted by atomic mass is 10.2. The molecule has 0 saturated heterocycles. The summed E-state index contributed by atoms with van der Waals surface area (Å²) in [5.74, 6) is -2.27. The average Bonchev–Trinajstić information content (AvgIpc) is 3.38. The number of primary amides is 1. The lowest BCUT2D eigenvalue weighted by Gasteiger charge is -2.11. The largest absolute Gasteiger partial charge is 0.452 e. The van der Waals surface area contributed by atoms with Crippen LogP contribution in [-0.4, -0.2) is 32.8 Å². The van der Waals surface area contributed by atoms with E-state index in [4.69, 9.17) is 10.5 Å². The zero-order chi connectivity index (χ0) is 21.7. The maximum Gasteiger partial charge on any atom is 0.340 e. The summed E-state index contributed by atoms with van der Waals surface area (Å²) in [5, 5.41) is 5.88. The topological polar surface area (TPSA) is 145 Å². The first-order valence-corrected chi connectivity index (χ1v) is 11.5. The maximum absolute atomic E-state index is 12.4. The van der Waals surface area contributed by atoms with Gasteiger partial charge >= 0.3 is 5.97 Å². The molecule has 0 radical (unpaired) electrons. The Morgan fingerprint density at radius 1 is 0.967 bits per heavy atom. The number of rotatable bonds is 8. The van der Waals surface area contributed by atoms with Crippen LogP contribution >= 0.6 is 22.7 Å². The Kier molecular flexibility index (Phi) is 6.50. The van der Waals surface area contributed by atoms with Gasteiger partial charge in [0.15, 0.2) is 6.61 Å². The van der Waals surface area contributed by atoms with E-state index in [1.807, 2.05) is 0 Å². The number of hydrogen-bond acceptors (Lipinski definition) is 8. The molecule has 2 amide bonds. The van der Waals surface area contributed by atoms with E-state index in [2.05, 4.69) is 10.0 Å². The third kappa shape index (κ3) is 5.03. The van der Waals surface area contributed by atoms with Gasteiger partial charge in [0.05, 0.1) is 16.8 Å². The number of benzene rings is 1. The molecule has 0 aliphatic carbocycles. The van der Waals surface area contributed by atoms with Crippen LogP contribution in [0.2, 0.25) is 0 Å². The van der Waals surface area contributed by atoms with Crippen molar-refractivity contribution >= 4 is 61.2 Å². The molecule has 0 saturated carbocycles. The molecular weight excluding hydrogens is 450 g/mol. The van der Waals surface area contributed by atoms with E-state index in [-0.39, 0.29) is 26.0 Å². The Morgan fingerprint density at radius 3 is 2.43 bits per heavy atom. The fourth-order valence-corrected chi connectivity index (χ4v) is 5.21. The average molecular weight is 466 g/mol. The molecule has 2 aromatic heterocycles. The van der Waals surface area contributed by atoms with Crippen molar-refractivity contribution < 1.29 is 27.5 Å². The molecule has 3 rings (SSSR count). The molecule has 156 valence electrons. The number of thiophene rings is 2. The molecule has 1 aromatic carbocycles. The lowest BCUT2D eigenvalue weighted by Crippen LogP contribution is -2.23. The van der Waals surface area contributed by atoms with Crippen LogP contribution in [0.5, 0.6) is 0 Å². The minimum absolute atomic E-state index is 0.0191. The standard InChI is InChI=1S/C18H15N3O6S3/c19-16(23)12-7-9-29-17(12)20-14(22)10-27-18(24)11-4-1-2-5-13(11)21-30(25,26)15-6-3-8-28-15/h1-9,21H,10H2,(H2,19,23)(H,20,22). The number of hydrogen-bond donors (Lipinski definition) is 3. The Bertz CT molecular complexity index is 1190. The van der Waals surface area contributed by atoms with Gasteiger partial charge in [0.25, 0.3) is 21.8 Å². The number of esters is 1. The van der Waals surface area contributed by atoms with Gasteiger partial charge in [0, 0.05) is 0 Å². The predicted octanol–water partition coefficient (Wildman–Crippen LogP) is 2.50. The van der Waals surface area contributed by atoms with Crippen molar-refractivity contribution in [1.82, 2.24) is 0 Å². The summed E-state index contributed by atoms with van der Waals surface area (Å²) in [7, 11) is -3.87. The van der Waals surface area contributed by atoms with Crippen LogP contribution in [0.25, 0.3) is 0 Å². The van der Waals surface area contributed by atoms with Gasteiger partial charge in [0.1, 0.15) is 9.21 Å². The Labute approximate surface area is 179 Å². The van der Waals surface area contributed by atoms with E-state index in [1.54, 1.807) is 22.9 Å². The molecule has 12 heteroatoms. The van der Waals surface area contributed by atoms with Gasteiger partial charge in [-0.25, -0.2) is 13.2 Å². The van der Waals surface area contributed by atoms with Gasteiger partial charge in [-0.1, -0.05) is 18.2 Å². The number of ether oxygens (including phenoxy) is 1. The van der Waals surface area contributed by atoms with Crippen LogP contribution in [0.3, 0.4) is 0 Å². The summed E-state index contributed by atoms with van der Waals surface area (Å²) in [4.78, 5) is 35.7. The Hall–Kier alpha value is -3.22. The minimum Gasteiger partial charge on any atom is -0.452 e. The smallest absolute Gasteiger partial charge is 0.340 e. The van der Waals surface area contributed by atoms with Crippen molar-refractivity contribution in [3.8, 4) is 0 Å². The van der Waals surface area contributed by atoms with Gasteiger partial charge < -0.3 is 15.8 Å². The molecule has 9 nitrogen and oxygen atoms in total. The lowest BCUT2D eigenvalue weighted by molar-refractivity contribution is -0.119. The van der Waals surface area contributed by atoms with Crippen LogP contribution in [0, 0.1) is 0 Å². The van der Waals surface area contributed by atoms with Crippen LogP contribution in [0.4, 0.5) is 10.7 Å². The van der Waals surface area contributed by atoms with Crippen LogP contribution in [0.15, 0.2) is 57.4 Å². The third-order valence-electron chi connectivity index (χ3n) is 3.67. The third-order valence-corrected chi connectivity index (χ3v) is 7.26. The van der Waals surface area contributed by atoms with E-state index >= 15 is 0 Å². The molecule has 3 aromatic rings. The quantitative estimate of drug-likeness (QED) is 0.436. The highest BCUT2D eigenvalue weighted by molar-refractivity contribution is 7.94. The maximum atomic E-state index is 12.4. The molecule has 0 aliphatic rings. The SMILES string of the molecule is NC(=O)c1ccsc1NC(=O)COC(=O)c1ccccc1NS(=O)(=O)c1cccs1. The summed E-state index contributed by atoms with van der Waals surface area (Å²) in [6.07, 6.45) is 0. The Morgan fingerprint density at radius 2 is 1.73 bits per heavy atom. The molecule has 0 fully saturated rings. The van der Waals surface area contributed by atoms with Crippen molar-refractivity contribution in [2.75, 3.05) is 16.6 Å². The van der Waals surface area contributed by atoms with E-state index in [0.717, 1.165) is 22.7 Å². The van der Waals surface area contributed by atoms with E-state index < -0.39 is 34.4 Å². The molecule has 30 heavy (non-hydrogen) atoms. The molecule has 0 atom stereocenters. The van der Waals surface area contributed by atoms with Gasteiger partial charge in [-0.3, -0.25) is 14.3 Å². The first-order chi connectivity index (χ1) is 14.3. The van der Waals surface area contributed by atoms with Crippen molar-refractivity contribution in [1.29, 1.82) is 0 Å². The first kappa shape index (κ1) is 21.5. The van der Waals surface area contributed by atoms with Crippen LogP contribution < -0.4 is 15.8 Å². The molecule has 4 N–H and O–H groups in total. The van der Waals surface area contributed by atoms with Crippen molar-refractivity contribution in [3.63, 3.8) is 0 Å². The monoisotopic (exact) mass is 465 g/mol.